The molecular formula is C25H39N5O3. The van der Waals surface area contributed by atoms with Crippen molar-refractivity contribution in [2.24, 2.45) is 5.92 Å². The molecule has 0 radical (unpaired) electrons. The lowest BCUT2D eigenvalue weighted by Crippen LogP contribution is -2.58. The maximum Gasteiger partial charge on any atom is 0.321 e. The van der Waals surface area contributed by atoms with Crippen molar-refractivity contribution in [1.82, 2.24) is 20.0 Å². The van der Waals surface area contributed by atoms with Gasteiger partial charge >= 0.3 is 6.03 Å². The minimum Gasteiger partial charge on any atom is -0.379 e. The van der Waals surface area contributed by atoms with Crippen LogP contribution < -0.4 is 10.6 Å². The van der Waals surface area contributed by atoms with E-state index in [2.05, 4.69) is 20.4 Å². The zero-order valence-electron chi connectivity index (χ0n) is 19.7. The molecule has 1 aromatic carbocycles. The smallest absolute Gasteiger partial charge is 0.321 e. The Hall–Kier alpha value is -2.16. The fourth-order valence-electron chi connectivity index (χ4n) is 5.32. The summed E-state index contributed by atoms with van der Waals surface area (Å²) in [5, 5.41) is 6.20. The number of urea groups is 1. The van der Waals surface area contributed by atoms with Gasteiger partial charge in [-0.15, -0.1) is 0 Å². The minimum absolute atomic E-state index is 0.0640. The lowest BCUT2D eigenvalue weighted by atomic mass is 9.95. The van der Waals surface area contributed by atoms with Crippen molar-refractivity contribution in [3.8, 4) is 0 Å². The number of hydrogen-bond acceptors (Lipinski definition) is 5. The molecule has 1 atom stereocenters. The van der Waals surface area contributed by atoms with Crippen LogP contribution in [0.1, 0.15) is 32.1 Å². The first-order valence-electron chi connectivity index (χ1n) is 12.6. The number of anilines is 1. The summed E-state index contributed by atoms with van der Waals surface area (Å²) in [4.78, 5) is 32.5. The van der Waals surface area contributed by atoms with E-state index < -0.39 is 0 Å². The quantitative estimate of drug-likeness (QED) is 0.586. The molecule has 8 nitrogen and oxygen atoms in total. The maximum absolute atomic E-state index is 13.3. The van der Waals surface area contributed by atoms with E-state index in [-0.39, 0.29) is 18.0 Å². The summed E-state index contributed by atoms with van der Waals surface area (Å²) in [7, 11) is 0. The molecule has 3 fully saturated rings. The summed E-state index contributed by atoms with van der Waals surface area (Å²) in [6.45, 7) is 8.10. The highest BCUT2D eigenvalue weighted by molar-refractivity contribution is 5.89. The average molecular weight is 458 g/mol. The van der Waals surface area contributed by atoms with Gasteiger partial charge < -0.3 is 20.3 Å². The van der Waals surface area contributed by atoms with Crippen LogP contribution in [0.25, 0.3) is 0 Å². The van der Waals surface area contributed by atoms with Crippen LogP contribution in [0.4, 0.5) is 10.5 Å². The van der Waals surface area contributed by atoms with E-state index in [1.54, 1.807) is 0 Å². The second-order valence-corrected chi connectivity index (χ2v) is 9.41. The Morgan fingerprint density at radius 2 is 1.67 bits per heavy atom. The maximum atomic E-state index is 13.3. The Balaban J connectivity index is 1.25. The number of nitrogens with zero attached hydrogens (tertiary/aromatic N) is 3. The lowest BCUT2D eigenvalue weighted by Gasteiger charge is -2.40. The van der Waals surface area contributed by atoms with Gasteiger partial charge in [0.2, 0.25) is 5.91 Å². The van der Waals surface area contributed by atoms with Gasteiger partial charge in [-0.1, -0.05) is 31.0 Å². The van der Waals surface area contributed by atoms with Crippen molar-refractivity contribution in [3.05, 3.63) is 30.3 Å². The van der Waals surface area contributed by atoms with Gasteiger partial charge in [0.1, 0.15) is 0 Å². The molecule has 0 unspecified atom stereocenters. The van der Waals surface area contributed by atoms with Gasteiger partial charge in [-0.2, -0.15) is 0 Å². The summed E-state index contributed by atoms with van der Waals surface area (Å²) < 4.78 is 5.41. The van der Waals surface area contributed by atoms with E-state index in [4.69, 9.17) is 4.74 Å². The molecule has 182 valence electrons. The number of carbonyl (C=O) groups excluding carboxylic acids is 2. The number of ether oxygens (including phenoxy) is 1. The highest BCUT2D eigenvalue weighted by Crippen LogP contribution is 2.31. The molecule has 1 saturated carbocycles. The molecule has 3 aliphatic rings. The van der Waals surface area contributed by atoms with Gasteiger partial charge in [0.15, 0.2) is 0 Å². The first kappa shape index (κ1) is 24.0. The van der Waals surface area contributed by atoms with Crippen LogP contribution >= 0.6 is 0 Å². The summed E-state index contributed by atoms with van der Waals surface area (Å²) in [6.07, 6.45) is 5.65. The third-order valence-corrected chi connectivity index (χ3v) is 7.19. The third kappa shape index (κ3) is 6.91. The number of piperazine rings is 1. The van der Waals surface area contributed by atoms with Gasteiger partial charge in [-0.05, 0) is 43.9 Å². The number of amides is 3. The number of morpholine rings is 1. The van der Waals surface area contributed by atoms with Crippen LogP contribution in [0.3, 0.4) is 0 Å². The Morgan fingerprint density at radius 3 is 2.36 bits per heavy atom. The van der Waals surface area contributed by atoms with Crippen molar-refractivity contribution in [2.45, 2.75) is 38.1 Å². The predicted molar refractivity (Wildman–Crippen MR) is 129 cm³/mol. The van der Waals surface area contributed by atoms with E-state index in [9.17, 15) is 9.59 Å². The molecule has 0 bridgehead atoms. The van der Waals surface area contributed by atoms with Crippen LogP contribution in [0.5, 0.6) is 0 Å². The molecule has 1 aliphatic carbocycles. The highest BCUT2D eigenvalue weighted by atomic mass is 16.5. The van der Waals surface area contributed by atoms with Crippen molar-refractivity contribution >= 4 is 17.6 Å². The third-order valence-electron chi connectivity index (χ3n) is 7.19. The van der Waals surface area contributed by atoms with E-state index in [1.165, 1.54) is 12.8 Å². The summed E-state index contributed by atoms with van der Waals surface area (Å²) in [5.41, 5.74) is 0.810. The van der Waals surface area contributed by atoms with Gasteiger partial charge in [-0.3, -0.25) is 14.6 Å². The molecule has 1 aromatic rings. The van der Waals surface area contributed by atoms with Crippen LogP contribution in [0, 0.1) is 5.92 Å². The fourth-order valence-corrected chi connectivity index (χ4v) is 5.32. The molecule has 2 aliphatic heterocycles. The number of hydrogen-bond donors (Lipinski definition) is 2. The van der Waals surface area contributed by atoms with Crippen molar-refractivity contribution in [3.63, 3.8) is 0 Å². The van der Waals surface area contributed by atoms with E-state index in [0.717, 1.165) is 77.4 Å². The van der Waals surface area contributed by atoms with Gasteiger partial charge in [0.25, 0.3) is 0 Å². The van der Waals surface area contributed by atoms with Gasteiger partial charge in [0, 0.05) is 51.5 Å². The minimum atomic E-state index is -0.0739. The van der Waals surface area contributed by atoms with Crippen LogP contribution in [0.15, 0.2) is 30.3 Å². The zero-order valence-corrected chi connectivity index (χ0v) is 19.7. The second-order valence-electron chi connectivity index (χ2n) is 9.41. The Labute approximate surface area is 197 Å². The number of carbonyl (C=O) groups is 2. The lowest BCUT2D eigenvalue weighted by molar-refractivity contribution is -0.129. The van der Waals surface area contributed by atoms with E-state index in [0.29, 0.717) is 19.0 Å². The molecule has 33 heavy (non-hydrogen) atoms. The van der Waals surface area contributed by atoms with E-state index >= 15 is 0 Å². The second kappa shape index (κ2) is 12.3. The topological polar surface area (TPSA) is 77.2 Å². The average Bonchev–Trinajstić information content (AvgIpc) is 3.38. The Morgan fingerprint density at radius 1 is 0.970 bits per heavy atom. The molecule has 2 N–H and O–H groups in total. The Bertz CT molecular complexity index is 742. The SMILES string of the molecule is O=C(NCCCN1CCOCC1)[C@H](C1CCCC1)N1CCN(C(=O)Nc2ccccc2)CC1. The molecule has 0 aromatic heterocycles. The number of para-hydroxylation sites is 1. The van der Waals surface area contributed by atoms with Crippen LogP contribution in [-0.2, 0) is 9.53 Å². The van der Waals surface area contributed by atoms with E-state index in [1.807, 2.05) is 35.2 Å². The summed E-state index contributed by atoms with van der Waals surface area (Å²) >= 11 is 0. The number of benzene rings is 1. The van der Waals surface area contributed by atoms with Gasteiger partial charge in [0.05, 0.1) is 19.3 Å². The first-order chi connectivity index (χ1) is 16.2. The normalized spacial score (nSPS) is 21.6. The molecule has 8 heteroatoms. The molecular weight excluding hydrogens is 418 g/mol. The zero-order chi connectivity index (χ0) is 22.9. The standard InChI is InChI=1S/C25H39N5O3/c31-24(26-11-6-12-28-17-19-33-20-18-28)23(21-7-4-5-8-21)29-13-15-30(16-14-29)25(32)27-22-9-2-1-3-10-22/h1-3,9-10,21,23H,4-8,11-20H2,(H,26,31)(H,27,32)/t23-/m0/s1. The number of rotatable bonds is 8. The van der Waals surface area contributed by atoms with Crippen LogP contribution in [-0.4, -0.2) is 98.3 Å². The predicted octanol–water partition coefficient (Wildman–Crippen LogP) is 2.23. The summed E-state index contributed by atoms with van der Waals surface area (Å²) in [5.74, 6) is 0.597. The van der Waals surface area contributed by atoms with Crippen LogP contribution in [0.2, 0.25) is 0 Å². The van der Waals surface area contributed by atoms with Crippen molar-refractivity contribution in [2.75, 3.05) is 70.9 Å². The van der Waals surface area contributed by atoms with Crippen molar-refractivity contribution < 1.29 is 14.3 Å². The molecule has 2 heterocycles. The Kier molecular flexibility index (Phi) is 8.97. The molecule has 2 saturated heterocycles. The number of nitrogens with one attached hydrogen (secondary N) is 2. The first-order valence-corrected chi connectivity index (χ1v) is 12.6. The van der Waals surface area contributed by atoms with Crippen molar-refractivity contribution in [1.29, 1.82) is 0 Å². The monoisotopic (exact) mass is 457 g/mol. The molecule has 3 amide bonds. The fraction of sp³-hybridized carbons (Fsp3) is 0.680. The largest absolute Gasteiger partial charge is 0.379 e. The summed E-state index contributed by atoms with van der Waals surface area (Å²) in [6, 6.07) is 9.42. The molecule has 4 rings (SSSR count). The van der Waals surface area contributed by atoms with Gasteiger partial charge in [-0.25, -0.2) is 4.79 Å². The highest BCUT2D eigenvalue weighted by Gasteiger charge is 2.37. The molecule has 0 spiro atoms.